The number of likely N-dealkylation sites (N-methyl/N-ethyl adjacent to an activating group) is 3. The van der Waals surface area contributed by atoms with Crippen LogP contribution in [0.5, 0.6) is 0 Å². The average Bonchev–Trinajstić information content (AvgIpc) is 2.84. The van der Waals surface area contributed by atoms with Crippen LogP contribution in [0.25, 0.3) is 32.3 Å². The maximum absolute atomic E-state index is 9.46. The summed E-state index contributed by atoms with van der Waals surface area (Å²) in [4.78, 5) is 3.41. The summed E-state index contributed by atoms with van der Waals surface area (Å²) in [6.07, 6.45) is 0. The van der Waals surface area contributed by atoms with Crippen LogP contribution in [0.1, 0.15) is 0 Å². The van der Waals surface area contributed by atoms with Crippen LogP contribution in [0.15, 0.2) is 51.1 Å². The van der Waals surface area contributed by atoms with Gasteiger partial charge >= 0.3 is 0 Å². The fourth-order valence-electron chi connectivity index (χ4n) is 4.39. The van der Waals surface area contributed by atoms with E-state index in [-0.39, 0.29) is 19.8 Å². The van der Waals surface area contributed by atoms with E-state index in [1.54, 1.807) is 35.8 Å². The van der Waals surface area contributed by atoms with Crippen LogP contribution in [0.4, 0.5) is 5.69 Å². The van der Waals surface area contributed by atoms with Crippen LogP contribution in [0, 0.1) is 0 Å². The van der Waals surface area contributed by atoms with Gasteiger partial charge in [-0.3, -0.25) is 0 Å². The van der Waals surface area contributed by atoms with Crippen molar-refractivity contribution in [1.82, 2.24) is 12.9 Å². The Bertz CT molecular complexity index is 1290. The van der Waals surface area contributed by atoms with Crippen molar-refractivity contribution in [3.8, 4) is 0 Å². The first-order valence-electron chi connectivity index (χ1n) is 11.9. The van der Waals surface area contributed by atoms with Crippen LogP contribution >= 0.6 is 35.8 Å². The van der Waals surface area contributed by atoms with Gasteiger partial charge < -0.3 is 20.6 Å². The number of aliphatic hydroxyl groups excluding tert-OH is 3. The minimum Gasteiger partial charge on any atom is -0.395 e. The number of rotatable bonds is 13. The van der Waals surface area contributed by atoms with Crippen molar-refractivity contribution in [2.75, 3.05) is 73.0 Å². The lowest BCUT2D eigenvalue weighted by molar-refractivity contribution is 0.272. The molecule has 4 aromatic rings. The second-order valence-electron chi connectivity index (χ2n) is 8.62. The average molecular weight is 547 g/mol. The van der Waals surface area contributed by atoms with E-state index in [0.29, 0.717) is 19.6 Å². The summed E-state index contributed by atoms with van der Waals surface area (Å²) >= 11 is 4.93. The van der Waals surface area contributed by atoms with Gasteiger partial charge in [0.2, 0.25) is 0 Å². The fourth-order valence-corrected chi connectivity index (χ4v) is 7.31. The number of anilines is 1. The number of hydrogen-bond donors (Lipinski definition) is 4. The largest absolute Gasteiger partial charge is 0.395 e. The highest BCUT2D eigenvalue weighted by Crippen LogP contribution is 2.47. The minimum atomic E-state index is 0.101. The predicted octanol–water partition coefficient (Wildman–Crippen LogP) is 4.42. The molecule has 0 spiro atoms. The summed E-state index contributed by atoms with van der Waals surface area (Å²) in [5.41, 5.74) is 1.07. The minimum absolute atomic E-state index is 0.101. The third kappa shape index (κ3) is 5.67. The van der Waals surface area contributed by atoms with Crippen molar-refractivity contribution in [2.45, 2.75) is 14.7 Å². The van der Waals surface area contributed by atoms with Crippen LogP contribution in [0.3, 0.4) is 0 Å². The van der Waals surface area contributed by atoms with E-state index in [0.717, 1.165) is 20.4 Å². The summed E-state index contributed by atoms with van der Waals surface area (Å²) < 4.78 is 6.17. The van der Waals surface area contributed by atoms with E-state index in [9.17, 15) is 15.3 Å². The Balaban J connectivity index is 2.01. The molecule has 0 amide bonds. The number of benzene rings is 4. The number of aliphatic hydroxyl groups is 3. The van der Waals surface area contributed by atoms with Gasteiger partial charge in [0.05, 0.1) is 19.8 Å². The molecular weight excluding hydrogens is 513 g/mol. The summed E-state index contributed by atoms with van der Waals surface area (Å²) in [6.45, 7) is 2.03. The lowest BCUT2D eigenvalue weighted by atomic mass is 9.93. The lowest BCUT2D eigenvalue weighted by Crippen LogP contribution is -2.15. The Morgan fingerprint density at radius 3 is 1.36 bits per heavy atom. The third-order valence-corrected chi connectivity index (χ3v) is 9.15. The summed E-state index contributed by atoms with van der Waals surface area (Å²) in [5.74, 6) is 0. The molecule has 10 heteroatoms. The van der Waals surface area contributed by atoms with Crippen molar-refractivity contribution in [1.29, 1.82) is 0 Å². The molecule has 4 N–H and O–H groups in total. The Labute approximate surface area is 225 Å². The molecule has 4 aromatic carbocycles. The molecule has 4 rings (SSSR count). The Morgan fingerprint density at radius 2 is 0.972 bits per heavy atom. The molecule has 36 heavy (non-hydrogen) atoms. The number of hydrogen-bond acceptors (Lipinski definition) is 10. The van der Waals surface area contributed by atoms with Gasteiger partial charge in [-0.05, 0) is 90.7 Å². The standard InChI is InChI=1S/C26H34N4O3S3/c1-27-21-15-22(34-28(2)9-12-31)18-7-8-20-24(36-30(4)11-14-33)16-23(35-29(3)10-13-32)19-6-5-17(21)25(18)26(19)20/h5-8,15-16,27,31-33H,9-14H2,1-4H3. The van der Waals surface area contributed by atoms with E-state index in [4.69, 9.17) is 0 Å². The van der Waals surface area contributed by atoms with Gasteiger partial charge in [0.15, 0.2) is 0 Å². The van der Waals surface area contributed by atoms with Crippen LogP contribution in [-0.4, -0.2) is 95.9 Å². The lowest BCUT2D eigenvalue weighted by Gasteiger charge is -2.23. The molecule has 0 saturated carbocycles. The normalized spacial score (nSPS) is 12.4. The molecule has 0 aliphatic rings. The smallest absolute Gasteiger partial charge is 0.0567 e. The van der Waals surface area contributed by atoms with Gasteiger partial charge in [0.25, 0.3) is 0 Å². The maximum atomic E-state index is 9.46. The zero-order chi connectivity index (χ0) is 25.8. The predicted molar refractivity (Wildman–Crippen MR) is 156 cm³/mol. The maximum Gasteiger partial charge on any atom is 0.0567 e. The van der Waals surface area contributed by atoms with Gasteiger partial charge in [-0.1, -0.05) is 24.3 Å². The van der Waals surface area contributed by atoms with Crippen LogP contribution < -0.4 is 5.32 Å². The van der Waals surface area contributed by atoms with Crippen LogP contribution in [-0.2, 0) is 0 Å². The van der Waals surface area contributed by atoms with Gasteiger partial charge in [-0.25, -0.2) is 12.9 Å². The molecule has 0 aliphatic heterocycles. The highest BCUT2D eigenvalue weighted by molar-refractivity contribution is 7.98. The monoisotopic (exact) mass is 546 g/mol. The van der Waals surface area contributed by atoms with Gasteiger partial charge in [0, 0.05) is 57.8 Å². The van der Waals surface area contributed by atoms with Crippen LogP contribution in [0.2, 0.25) is 0 Å². The molecule has 0 aromatic heterocycles. The van der Waals surface area contributed by atoms with Crippen molar-refractivity contribution in [3.05, 3.63) is 36.4 Å². The molecule has 0 aliphatic carbocycles. The molecular formula is C26H34N4O3S3. The molecule has 194 valence electrons. The zero-order valence-corrected chi connectivity index (χ0v) is 23.6. The fraction of sp³-hybridized carbons (Fsp3) is 0.385. The highest BCUT2D eigenvalue weighted by Gasteiger charge is 2.20. The van der Waals surface area contributed by atoms with Gasteiger partial charge in [-0.2, -0.15) is 0 Å². The molecule has 0 bridgehead atoms. The van der Waals surface area contributed by atoms with E-state index < -0.39 is 0 Å². The van der Waals surface area contributed by atoms with Crippen molar-refractivity contribution >= 4 is 73.8 Å². The Kier molecular flexibility index (Phi) is 9.48. The van der Waals surface area contributed by atoms with E-state index in [1.165, 1.54) is 32.3 Å². The van der Waals surface area contributed by atoms with Gasteiger partial charge in [-0.15, -0.1) is 0 Å². The molecule has 0 radical (unpaired) electrons. The second-order valence-corrected chi connectivity index (χ2v) is 12.4. The number of nitrogens with one attached hydrogen (secondary N) is 1. The van der Waals surface area contributed by atoms with E-state index >= 15 is 0 Å². The van der Waals surface area contributed by atoms with Crippen molar-refractivity contribution < 1.29 is 15.3 Å². The van der Waals surface area contributed by atoms with E-state index in [2.05, 4.69) is 54.6 Å². The molecule has 0 fully saturated rings. The molecule has 0 atom stereocenters. The van der Waals surface area contributed by atoms with E-state index in [1.807, 2.05) is 28.2 Å². The first kappa shape index (κ1) is 27.6. The first-order valence-corrected chi connectivity index (χ1v) is 14.2. The third-order valence-electron chi connectivity index (χ3n) is 6.06. The highest BCUT2D eigenvalue weighted by atomic mass is 32.2. The Morgan fingerprint density at radius 1 is 0.611 bits per heavy atom. The topological polar surface area (TPSA) is 82.4 Å². The first-order chi connectivity index (χ1) is 17.4. The van der Waals surface area contributed by atoms with Gasteiger partial charge in [0.1, 0.15) is 0 Å². The number of nitrogens with zero attached hydrogens (tertiary/aromatic N) is 3. The molecule has 0 saturated heterocycles. The molecule has 7 nitrogen and oxygen atoms in total. The summed E-state index contributed by atoms with van der Waals surface area (Å²) in [5, 5.41) is 38.9. The molecule has 0 heterocycles. The summed E-state index contributed by atoms with van der Waals surface area (Å²) in [6, 6.07) is 13.2. The van der Waals surface area contributed by atoms with Crippen molar-refractivity contribution in [3.63, 3.8) is 0 Å². The zero-order valence-electron chi connectivity index (χ0n) is 21.1. The second kappa shape index (κ2) is 12.4. The van der Waals surface area contributed by atoms with Crippen molar-refractivity contribution in [2.24, 2.45) is 0 Å². The molecule has 0 unspecified atom stereocenters. The SMILES string of the molecule is CNc1cc(SN(C)CCO)c2ccc3c(SN(C)CCO)cc(SN(C)CCO)c4ccc1c2c43. The summed E-state index contributed by atoms with van der Waals surface area (Å²) in [7, 11) is 7.94. The quantitative estimate of drug-likeness (QED) is 0.143. The Hall–Kier alpha value is -1.47.